The fourth-order valence-electron chi connectivity index (χ4n) is 1.46. The molecule has 0 fully saturated rings. The second-order valence-corrected chi connectivity index (χ2v) is 3.18. The van der Waals surface area contributed by atoms with E-state index in [1.807, 2.05) is 12.1 Å². The molecule has 0 radical (unpaired) electrons. The predicted molar refractivity (Wildman–Crippen MR) is 53.6 cm³/mol. The van der Waals surface area contributed by atoms with Crippen LogP contribution in [0.1, 0.15) is 11.1 Å². The van der Waals surface area contributed by atoms with Gasteiger partial charge in [0.2, 0.25) is 0 Å². The lowest BCUT2D eigenvalue weighted by atomic mass is 10.1. The summed E-state index contributed by atoms with van der Waals surface area (Å²) >= 11 is 4.24. The molecule has 2 heteroatoms. The minimum Gasteiger partial charge on any atom is -0.464 e. The van der Waals surface area contributed by atoms with Crippen LogP contribution >= 0.6 is 12.6 Å². The quantitative estimate of drug-likeness (QED) is 0.662. The topological polar surface area (TPSA) is 13.1 Å². The highest BCUT2D eigenvalue weighted by Crippen LogP contribution is 2.25. The monoisotopic (exact) mass is 178 g/mol. The third kappa shape index (κ3) is 1.03. The van der Waals surface area contributed by atoms with Gasteiger partial charge in [0.15, 0.2) is 0 Å². The zero-order valence-corrected chi connectivity index (χ0v) is 7.77. The van der Waals surface area contributed by atoms with Gasteiger partial charge in [-0.15, -0.1) is 0 Å². The van der Waals surface area contributed by atoms with Crippen LogP contribution in [0.2, 0.25) is 0 Å². The zero-order chi connectivity index (χ0) is 8.55. The Balaban J connectivity index is 2.83. The number of thiol groups is 1. The van der Waals surface area contributed by atoms with Gasteiger partial charge in [-0.1, -0.05) is 12.1 Å². The molecule has 2 rings (SSSR count). The van der Waals surface area contributed by atoms with Gasteiger partial charge in [0.25, 0.3) is 0 Å². The minimum atomic E-state index is 0.734. The minimum absolute atomic E-state index is 0.734. The first kappa shape index (κ1) is 7.74. The lowest BCUT2D eigenvalue weighted by Gasteiger charge is -1.95. The number of rotatable bonds is 1. The zero-order valence-electron chi connectivity index (χ0n) is 6.87. The van der Waals surface area contributed by atoms with Gasteiger partial charge in [0, 0.05) is 16.7 Å². The molecule has 0 bridgehead atoms. The molecule has 12 heavy (non-hydrogen) atoms. The average Bonchev–Trinajstić information content (AvgIpc) is 2.49. The van der Waals surface area contributed by atoms with Crippen LogP contribution in [0, 0.1) is 6.92 Å². The van der Waals surface area contributed by atoms with E-state index < -0.39 is 0 Å². The summed E-state index contributed by atoms with van der Waals surface area (Å²) < 4.78 is 5.37. The molecule has 1 aromatic heterocycles. The molecule has 0 unspecified atom stereocenters. The maximum atomic E-state index is 5.37. The van der Waals surface area contributed by atoms with Crippen molar-refractivity contribution in [1.82, 2.24) is 0 Å². The second-order valence-electron chi connectivity index (χ2n) is 2.87. The van der Waals surface area contributed by atoms with E-state index in [9.17, 15) is 0 Å². The van der Waals surface area contributed by atoms with E-state index in [4.69, 9.17) is 4.42 Å². The van der Waals surface area contributed by atoms with Crippen LogP contribution in [0.25, 0.3) is 11.0 Å². The van der Waals surface area contributed by atoms with E-state index in [1.165, 1.54) is 16.5 Å². The highest BCUT2D eigenvalue weighted by molar-refractivity contribution is 7.79. The third-order valence-electron chi connectivity index (χ3n) is 2.05. The van der Waals surface area contributed by atoms with Crippen LogP contribution in [-0.2, 0) is 5.75 Å². The summed E-state index contributed by atoms with van der Waals surface area (Å²) in [5.74, 6) is 0.734. The SMILES string of the molecule is Cc1cccc2occ(CS)c12. The van der Waals surface area contributed by atoms with Gasteiger partial charge in [-0.25, -0.2) is 0 Å². The molecular formula is C10H10OS. The molecule has 2 aromatic rings. The summed E-state index contributed by atoms with van der Waals surface area (Å²) in [6, 6.07) is 6.07. The standard InChI is InChI=1S/C10H10OS/c1-7-3-2-4-9-10(7)8(6-12)5-11-9/h2-5,12H,6H2,1H3. The highest BCUT2D eigenvalue weighted by atomic mass is 32.1. The molecule has 0 saturated heterocycles. The summed E-state index contributed by atoms with van der Waals surface area (Å²) in [5, 5.41) is 1.22. The van der Waals surface area contributed by atoms with E-state index in [-0.39, 0.29) is 0 Å². The molecule has 0 N–H and O–H groups in total. The molecular weight excluding hydrogens is 168 g/mol. The normalized spacial score (nSPS) is 10.8. The van der Waals surface area contributed by atoms with Crippen molar-refractivity contribution in [2.75, 3.05) is 0 Å². The van der Waals surface area contributed by atoms with Crippen molar-refractivity contribution in [1.29, 1.82) is 0 Å². The van der Waals surface area contributed by atoms with Crippen LogP contribution < -0.4 is 0 Å². The van der Waals surface area contributed by atoms with E-state index in [2.05, 4.69) is 25.6 Å². The van der Waals surface area contributed by atoms with Crippen LogP contribution in [0.5, 0.6) is 0 Å². The number of benzene rings is 1. The molecule has 62 valence electrons. The lowest BCUT2D eigenvalue weighted by molar-refractivity contribution is 0.612. The van der Waals surface area contributed by atoms with E-state index in [1.54, 1.807) is 6.26 Å². The summed E-state index contributed by atoms with van der Waals surface area (Å²) in [7, 11) is 0. The van der Waals surface area contributed by atoms with Gasteiger partial charge in [0.05, 0.1) is 6.26 Å². The van der Waals surface area contributed by atoms with Gasteiger partial charge in [-0.05, 0) is 18.6 Å². The Bertz CT molecular complexity index is 403. The van der Waals surface area contributed by atoms with Gasteiger partial charge < -0.3 is 4.42 Å². The number of fused-ring (bicyclic) bond motifs is 1. The Hall–Kier alpha value is -0.890. The summed E-state index contributed by atoms with van der Waals surface area (Å²) in [6.07, 6.45) is 1.78. The van der Waals surface area contributed by atoms with Crippen LogP contribution in [0.15, 0.2) is 28.9 Å². The summed E-state index contributed by atoms with van der Waals surface area (Å²) in [4.78, 5) is 0. The molecule has 0 spiro atoms. The van der Waals surface area contributed by atoms with Gasteiger partial charge >= 0.3 is 0 Å². The van der Waals surface area contributed by atoms with E-state index in [0.29, 0.717) is 0 Å². The Kier molecular flexibility index (Phi) is 1.85. The van der Waals surface area contributed by atoms with E-state index in [0.717, 1.165) is 11.3 Å². The molecule has 0 saturated carbocycles. The first-order valence-electron chi connectivity index (χ1n) is 3.89. The van der Waals surface area contributed by atoms with E-state index >= 15 is 0 Å². The Morgan fingerprint density at radius 1 is 1.42 bits per heavy atom. The lowest BCUT2D eigenvalue weighted by Crippen LogP contribution is -1.77. The number of hydrogen-bond donors (Lipinski definition) is 1. The van der Waals surface area contributed by atoms with Crippen molar-refractivity contribution >= 4 is 23.6 Å². The van der Waals surface area contributed by atoms with Gasteiger partial charge in [-0.3, -0.25) is 0 Å². The highest BCUT2D eigenvalue weighted by Gasteiger charge is 2.05. The largest absolute Gasteiger partial charge is 0.464 e. The third-order valence-corrected chi connectivity index (χ3v) is 2.39. The van der Waals surface area contributed by atoms with Crippen molar-refractivity contribution in [3.05, 3.63) is 35.6 Å². The van der Waals surface area contributed by atoms with Crippen molar-refractivity contribution in [3.63, 3.8) is 0 Å². The van der Waals surface area contributed by atoms with Crippen molar-refractivity contribution < 1.29 is 4.42 Å². The summed E-state index contributed by atoms with van der Waals surface area (Å²) in [6.45, 7) is 2.09. The molecule has 0 aliphatic carbocycles. The second kappa shape index (κ2) is 2.87. The van der Waals surface area contributed by atoms with Gasteiger partial charge in [-0.2, -0.15) is 12.6 Å². The molecule has 0 aliphatic rings. The molecule has 0 amide bonds. The Morgan fingerprint density at radius 3 is 3.00 bits per heavy atom. The first-order valence-corrected chi connectivity index (χ1v) is 4.52. The van der Waals surface area contributed by atoms with Crippen molar-refractivity contribution in [2.24, 2.45) is 0 Å². The molecule has 1 heterocycles. The van der Waals surface area contributed by atoms with Crippen LogP contribution in [0.3, 0.4) is 0 Å². The van der Waals surface area contributed by atoms with Crippen molar-refractivity contribution in [2.45, 2.75) is 12.7 Å². The van der Waals surface area contributed by atoms with Crippen LogP contribution in [-0.4, -0.2) is 0 Å². The molecule has 1 nitrogen and oxygen atoms in total. The molecule has 0 atom stereocenters. The Morgan fingerprint density at radius 2 is 2.25 bits per heavy atom. The predicted octanol–water partition coefficient (Wildman–Crippen LogP) is 3.17. The smallest absolute Gasteiger partial charge is 0.134 e. The first-order chi connectivity index (χ1) is 5.83. The van der Waals surface area contributed by atoms with Crippen LogP contribution in [0.4, 0.5) is 0 Å². The summed E-state index contributed by atoms with van der Waals surface area (Å²) in [5.41, 5.74) is 3.38. The molecule has 0 aliphatic heterocycles. The van der Waals surface area contributed by atoms with Gasteiger partial charge in [0.1, 0.15) is 5.58 Å². The average molecular weight is 178 g/mol. The fraction of sp³-hybridized carbons (Fsp3) is 0.200. The maximum Gasteiger partial charge on any atom is 0.134 e. The number of hydrogen-bond acceptors (Lipinski definition) is 2. The maximum absolute atomic E-state index is 5.37. The van der Waals surface area contributed by atoms with Crippen molar-refractivity contribution in [3.8, 4) is 0 Å². The number of aryl methyl sites for hydroxylation is 1. The number of furan rings is 1. The fourth-order valence-corrected chi connectivity index (χ4v) is 1.69. The molecule has 1 aromatic carbocycles. The Labute approximate surface area is 76.8 Å².